The number of rotatable bonds is 21. The van der Waals surface area contributed by atoms with E-state index in [1.54, 1.807) is 46.3 Å². The Labute approximate surface area is 556 Å². The fraction of sp³-hybridized carbons (Fsp3) is 0.708. The lowest BCUT2D eigenvalue weighted by Crippen LogP contribution is -2.51. The molecule has 6 aliphatic rings. The van der Waals surface area contributed by atoms with Gasteiger partial charge in [0.05, 0.1) is 50.7 Å². The fourth-order valence-corrected chi connectivity index (χ4v) is 14.0. The van der Waals surface area contributed by atoms with Crippen LogP contribution in [0.25, 0.3) is 0 Å². The van der Waals surface area contributed by atoms with Gasteiger partial charge in [-0.1, -0.05) is 83.0 Å². The van der Waals surface area contributed by atoms with Crippen molar-refractivity contribution in [2.75, 3.05) is 81.8 Å². The van der Waals surface area contributed by atoms with E-state index in [4.69, 9.17) is 76.3 Å². The molecule has 3 fully saturated rings. The zero-order valence-corrected chi connectivity index (χ0v) is 56.2. The summed E-state index contributed by atoms with van der Waals surface area (Å²) in [6, 6.07) is 8.90. The number of fused-ring (bicyclic) bond motifs is 9. The molecule has 9 rings (SSSR count). The monoisotopic (exact) mass is 1270 g/mol. The second-order valence-corrected chi connectivity index (χ2v) is 27.4. The second-order valence-electron chi connectivity index (χ2n) is 27.4. The standard InChI is InChI=1S/3C24H38N2O4/c3*1-14(2)9-17-13-26-8-7-16-10-21(28-5)22(29-6)11-18(16)19(26)12-20(17)30-24(27)23(25)15(3)4/h3*10-11,14-15,17,19-20,23H,7-9,12-13,25H2,1-6H3/t2*17-,19-,20-,23+;17-,19-,20-,23-/m110/s1/i5D3;;1D3,5D3,9D2,14D/t2m;14?,17-,19-,20-,23-. The number of nitrogens with zero attached hydrogens (tertiary/aromatic N) is 3. The summed E-state index contributed by atoms with van der Waals surface area (Å²) >= 11 is 0. The molecule has 3 saturated heterocycles. The predicted molar refractivity (Wildman–Crippen MR) is 353 cm³/mol. The van der Waals surface area contributed by atoms with E-state index in [1.165, 1.54) is 25.3 Å². The van der Waals surface area contributed by atoms with E-state index in [1.807, 2.05) is 38.7 Å². The first-order chi connectivity index (χ1) is 47.3. The maximum atomic E-state index is 12.9. The first-order valence-corrected chi connectivity index (χ1v) is 32.5. The number of hydrogen-bond donors (Lipinski definition) is 3. The molecule has 0 saturated carbocycles. The highest BCUT2D eigenvalue weighted by atomic mass is 16.6. The van der Waals surface area contributed by atoms with Crippen molar-refractivity contribution in [2.45, 2.75) is 195 Å². The Balaban J connectivity index is 0.000000216. The number of nitrogens with two attached hydrogens (primary N) is 3. The molecule has 0 aliphatic carbocycles. The van der Waals surface area contributed by atoms with Crippen molar-refractivity contribution in [1.29, 1.82) is 0 Å². The number of piperidine rings is 3. The molecule has 90 heavy (non-hydrogen) atoms. The van der Waals surface area contributed by atoms with E-state index in [0.29, 0.717) is 42.9 Å². The number of carbonyl (C=O) groups excluding carboxylic acids is 3. The van der Waals surface area contributed by atoms with Gasteiger partial charge in [0.2, 0.25) is 0 Å². The molecular formula is C72H114N6O12. The van der Waals surface area contributed by atoms with Gasteiger partial charge in [-0.25, -0.2) is 0 Å². The maximum absolute atomic E-state index is 12.9. The quantitative estimate of drug-likeness (QED) is 0.0666. The smallest absolute Gasteiger partial charge is 0.323 e. The minimum atomic E-state index is -2.93. The molecule has 1 unspecified atom stereocenters. The lowest BCUT2D eigenvalue weighted by molar-refractivity contribution is -0.161. The van der Waals surface area contributed by atoms with Crippen molar-refractivity contribution in [3.8, 4) is 34.5 Å². The highest BCUT2D eigenvalue weighted by Crippen LogP contribution is 2.48. The molecule has 504 valence electrons. The largest absolute Gasteiger partial charge is 0.493 e. The average molecular weight is 1270 g/mol. The molecule has 3 aromatic carbocycles. The Hall–Kier alpha value is -5.37. The van der Waals surface area contributed by atoms with Gasteiger partial charge in [-0.05, 0) is 144 Å². The van der Waals surface area contributed by atoms with E-state index >= 15 is 0 Å². The number of benzene rings is 3. The van der Waals surface area contributed by atoms with Gasteiger partial charge in [-0.3, -0.25) is 29.1 Å². The van der Waals surface area contributed by atoms with Crippen LogP contribution >= 0.6 is 0 Å². The van der Waals surface area contributed by atoms with Crippen LogP contribution < -0.4 is 45.6 Å². The fourth-order valence-electron chi connectivity index (χ4n) is 14.0. The summed E-state index contributed by atoms with van der Waals surface area (Å²) in [7, 11) is 1.01. The second kappa shape index (κ2) is 32.5. The molecule has 0 spiro atoms. The number of carbonyl (C=O) groups is 3. The Bertz CT molecular complexity index is 3340. The van der Waals surface area contributed by atoms with Crippen LogP contribution in [-0.2, 0) is 47.9 Å². The Morgan fingerprint density at radius 1 is 0.478 bits per heavy atom. The Morgan fingerprint density at radius 2 is 0.767 bits per heavy atom. The van der Waals surface area contributed by atoms with Gasteiger partial charge in [0.15, 0.2) is 34.5 Å². The van der Waals surface area contributed by atoms with Crippen LogP contribution in [0.2, 0.25) is 0 Å². The molecule has 0 bridgehead atoms. The topological polar surface area (TPSA) is 222 Å². The van der Waals surface area contributed by atoms with Crippen LogP contribution in [0.5, 0.6) is 34.5 Å². The molecule has 3 aromatic rings. The molecule has 6 N–H and O–H groups in total. The van der Waals surface area contributed by atoms with Gasteiger partial charge in [0, 0.05) is 103 Å². The first kappa shape index (κ1) is 56.2. The van der Waals surface area contributed by atoms with Crippen LogP contribution in [0.3, 0.4) is 0 Å². The van der Waals surface area contributed by atoms with Gasteiger partial charge in [0.1, 0.15) is 36.4 Å². The van der Waals surface area contributed by atoms with Crippen molar-refractivity contribution < 1.29 is 73.5 Å². The SMILES string of the molecule is COc1cc2c(cc1OC)[C@H]1C[C@@H](OC(=O)[C@@H](N)C(C)C)[C@H](CC(C)C)CN1CC2.[2H]C([2H])([2H])Oc1cc2c(cc1OC)[C@@H]1C[C@H](OC(=O)[C@@H](N)C(C)C)[C@@H](C([2H])([2H])C([2H])(C)C([2H])([2H])[2H])CN1CC2.[2H]C([2H])([2H])Oc1cc2c(cc1OC)[C@H]1C[C@@H](OC(=O)[C@@H](N)C(C)C)[C@H](CC(C)C)CN1CC2. The zero-order chi connectivity index (χ0) is 76.2. The van der Waals surface area contributed by atoms with E-state index in [0.717, 1.165) is 99.0 Å². The van der Waals surface area contributed by atoms with E-state index < -0.39 is 69.3 Å². The summed E-state index contributed by atoms with van der Waals surface area (Å²) in [5, 5.41) is 0. The molecule has 18 nitrogen and oxygen atoms in total. The third kappa shape index (κ3) is 17.5. The van der Waals surface area contributed by atoms with Gasteiger partial charge < -0.3 is 59.8 Å². The van der Waals surface area contributed by atoms with Crippen molar-refractivity contribution in [3.05, 3.63) is 69.8 Å². The van der Waals surface area contributed by atoms with E-state index in [2.05, 4.69) is 49.6 Å². The maximum Gasteiger partial charge on any atom is 0.323 e. The molecule has 0 aromatic heterocycles. The third-order valence-electron chi connectivity index (χ3n) is 19.1. The van der Waals surface area contributed by atoms with Crippen LogP contribution in [0.15, 0.2) is 36.4 Å². The lowest BCUT2D eigenvalue weighted by Gasteiger charge is -2.47. The van der Waals surface area contributed by atoms with Crippen LogP contribution in [0.1, 0.15) is 189 Å². The summed E-state index contributed by atoms with van der Waals surface area (Å²) in [6.45, 7) is 22.3. The highest BCUT2D eigenvalue weighted by Gasteiger charge is 2.45. The normalized spacial score (nSPS) is 28.1. The molecule has 13 atom stereocenters. The van der Waals surface area contributed by atoms with Gasteiger partial charge >= 0.3 is 17.9 Å². The van der Waals surface area contributed by atoms with E-state index in [-0.39, 0.29) is 96.2 Å². The van der Waals surface area contributed by atoms with Gasteiger partial charge in [-0.15, -0.1) is 0 Å². The molecule has 6 aliphatic heterocycles. The number of methoxy groups -OCH3 is 6. The summed E-state index contributed by atoms with van der Waals surface area (Å²) in [6.07, 6.45) is 1.89. The number of esters is 3. The van der Waals surface area contributed by atoms with Crippen molar-refractivity contribution in [3.63, 3.8) is 0 Å². The summed E-state index contributed by atoms with van der Waals surface area (Å²) in [5.74, 6) is -1.09. The lowest BCUT2D eigenvalue weighted by atomic mass is 9.79. The Morgan fingerprint density at radius 3 is 1.04 bits per heavy atom. The van der Waals surface area contributed by atoms with Crippen molar-refractivity contribution >= 4 is 17.9 Å². The summed E-state index contributed by atoms with van der Waals surface area (Å²) < 4.78 is 145. The molecular weight excluding hydrogens is 1140 g/mol. The summed E-state index contributed by atoms with van der Waals surface area (Å²) in [4.78, 5) is 45.3. The molecule has 6 heterocycles. The van der Waals surface area contributed by atoms with Gasteiger partial charge in [-0.2, -0.15) is 0 Å². The third-order valence-corrected chi connectivity index (χ3v) is 19.1. The molecule has 18 heteroatoms. The van der Waals surface area contributed by atoms with Crippen LogP contribution in [-0.4, -0.2) is 151 Å². The minimum Gasteiger partial charge on any atom is -0.493 e. The van der Waals surface area contributed by atoms with E-state index in [9.17, 15) is 14.4 Å². The average Bonchev–Trinajstić information content (AvgIpc) is 0.735. The first-order valence-electron chi connectivity index (χ1n) is 38.5. The Kier molecular flexibility index (Phi) is 20.3. The molecule has 0 amide bonds. The predicted octanol–water partition coefficient (Wildman–Crippen LogP) is 10.7. The highest BCUT2D eigenvalue weighted by molar-refractivity contribution is 5.77. The number of hydrogen-bond acceptors (Lipinski definition) is 18. The van der Waals surface area contributed by atoms with Crippen LogP contribution in [0.4, 0.5) is 0 Å². The van der Waals surface area contributed by atoms with Crippen molar-refractivity contribution in [2.24, 2.45) is 70.4 Å². The minimum absolute atomic E-state index is 0.0115. The summed E-state index contributed by atoms with van der Waals surface area (Å²) in [5.41, 5.74) is 24.5. The number of ether oxygens (including phenoxy) is 9. The van der Waals surface area contributed by atoms with Crippen LogP contribution in [0, 0.1) is 53.2 Å². The molecule has 0 radical (unpaired) electrons. The van der Waals surface area contributed by atoms with Gasteiger partial charge in [0.25, 0.3) is 0 Å². The zero-order valence-electron chi connectivity index (χ0n) is 68.2. The van der Waals surface area contributed by atoms with Crippen molar-refractivity contribution in [1.82, 2.24) is 14.7 Å².